The van der Waals surface area contributed by atoms with Gasteiger partial charge in [-0.05, 0) is 50.5 Å². The minimum Gasteiger partial charge on any atom is -0.507 e. The van der Waals surface area contributed by atoms with E-state index >= 15 is 0 Å². The van der Waals surface area contributed by atoms with Crippen LogP contribution in [0.1, 0.15) is 17.2 Å². The topological polar surface area (TPSA) is 76.1 Å². The van der Waals surface area contributed by atoms with Crippen LogP contribution in [-0.4, -0.2) is 49.1 Å². The number of hydrogen-bond acceptors (Lipinski definition) is 5. The minimum atomic E-state index is -0.739. The van der Waals surface area contributed by atoms with E-state index in [0.29, 0.717) is 15.8 Å². The number of Topliss-reactive ketones (excluding diaryl/α,β-unsaturated/α-hetero) is 1. The summed E-state index contributed by atoms with van der Waals surface area (Å²) in [6, 6.07) is 17.8. The van der Waals surface area contributed by atoms with Crippen LogP contribution in [0.4, 0.5) is 0 Å². The number of nitrogens with zero attached hydrogens (tertiary/aromatic N) is 1. The molecule has 3 aromatic carbocycles. The third-order valence-electron chi connectivity index (χ3n) is 5.62. The van der Waals surface area contributed by atoms with Crippen LogP contribution in [0.3, 0.4) is 0 Å². The van der Waals surface area contributed by atoms with Gasteiger partial charge in [0.1, 0.15) is 11.5 Å². The van der Waals surface area contributed by atoms with E-state index in [1.54, 1.807) is 32.4 Å². The molecule has 1 unspecified atom stereocenters. The molecule has 1 saturated heterocycles. The Labute approximate surface area is 194 Å². The van der Waals surface area contributed by atoms with Gasteiger partial charge in [-0.3, -0.25) is 9.59 Å². The lowest BCUT2D eigenvalue weighted by Gasteiger charge is -2.26. The number of halogens is 1. The molecule has 1 atom stereocenters. The number of carbonyl (C=O) groups excluding carboxylic acids is 2. The minimum absolute atomic E-state index is 0.0551. The van der Waals surface area contributed by atoms with Crippen molar-refractivity contribution in [2.75, 3.05) is 27.4 Å². The van der Waals surface area contributed by atoms with Crippen molar-refractivity contribution in [3.63, 3.8) is 0 Å². The van der Waals surface area contributed by atoms with E-state index in [4.69, 9.17) is 9.47 Å². The number of fused-ring (bicyclic) bond motifs is 1. The molecule has 1 fully saturated rings. The summed E-state index contributed by atoms with van der Waals surface area (Å²) in [6.07, 6.45) is 0. The Morgan fingerprint density at radius 2 is 1.81 bits per heavy atom. The zero-order valence-corrected chi connectivity index (χ0v) is 19.3. The largest absolute Gasteiger partial charge is 0.507 e. The van der Waals surface area contributed by atoms with Crippen LogP contribution >= 0.6 is 15.9 Å². The predicted molar refractivity (Wildman–Crippen MR) is 126 cm³/mol. The van der Waals surface area contributed by atoms with Crippen molar-refractivity contribution < 1.29 is 24.2 Å². The number of likely N-dealkylation sites (tertiary alicyclic amines) is 1. The van der Waals surface area contributed by atoms with Crippen molar-refractivity contribution in [1.82, 2.24) is 4.90 Å². The van der Waals surface area contributed by atoms with Crippen LogP contribution in [0.15, 0.2) is 70.7 Å². The van der Waals surface area contributed by atoms with E-state index in [9.17, 15) is 14.7 Å². The number of ketones is 1. The second kappa shape index (κ2) is 9.14. The van der Waals surface area contributed by atoms with E-state index < -0.39 is 17.7 Å². The summed E-state index contributed by atoms with van der Waals surface area (Å²) < 4.78 is 11.1. The van der Waals surface area contributed by atoms with E-state index in [2.05, 4.69) is 15.9 Å². The average Bonchev–Trinajstić information content (AvgIpc) is 3.06. The first-order valence-corrected chi connectivity index (χ1v) is 10.9. The van der Waals surface area contributed by atoms with Crippen LogP contribution < -0.4 is 4.74 Å². The Morgan fingerprint density at radius 1 is 1.06 bits per heavy atom. The summed E-state index contributed by atoms with van der Waals surface area (Å²) in [6.45, 7) is 0.487. The number of hydrogen-bond donors (Lipinski definition) is 1. The van der Waals surface area contributed by atoms with Crippen molar-refractivity contribution >= 4 is 44.2 Å². The smallest absolute Gasteiger partial charge is 0.295 e. The maximum absolute atomic E-state index is 13.1. The number of carbonyl (C=O) groups is 2. The van der Waals surface area contributed by atoms with Gasteiger partial charge in [0.2, 0.25) is 0 Å². The predicted octanol–water partition coefficient (Wildman–Crippen LogP) is 4.68. The summed E-state index contributed by atoms with van der Waals surface area (Å²) in [5, 5.41) is 13.1. The SMILES string of the molecule is COCCN1C(=O)C(=O)/C(=C(\O)c2ccc(OC)c(Br)c2)C1c1cccc2ccccc12. The third kappa shape index (κ3) is 3.78. The summed E-state index contributed by atoms with van der Waals surface area (Å²) in [5.41, 5.74) is 1.24. The Bertz CT molecular complexity index is 1230. The highest BCUT2D eigenvalue weighted by Crippen LogP contribution is 2.42. The fourth-order valence-corrected chi connectivity index (χ4v) is 4.62. The van der Waals surface area contributed by atoms with Crippen molar-refractivity contribution in [3.05, 3.63) is 81.8 Å². The highest BCUT2D eigenvalue weighted by molar-refractivity contribution is 9.10. The molecule has 0 aliphatic carbocycles. The molecule has 1 heterocycles. The zero-order chi connectivity index (χ0) is 22.8. The number of amides is 1. The van der Waals surface area contributed by atoms with Crippen LogP contribution in [0.5, 0.6) is 5.75 Å². The molecule has 0 bridgehead atoms. The first-order chi connectivity index (χ1) is 15.5. The molecule has 0 saturated carbocycles. The van der Waals surface area contributed by atoms with Gasteiger partial charge in [0.25, 0.3) is 11.7 Å². The highest BCUT2D eigenvalue weighted by atomic mass is 79.9. The van der Waals surface area contributed by atoms with Gasteiger partial charge >= 0.3 is 0 Å². The lowest BCUT2D eigenvalue weighted by atomic mass is 9.91. The molecule has 3 aromatic rings. The second-order valence-electron chi connectivity index (χ2n) is 7.40. The molecular weight excluding hydrogens is 474 g/mol. The standard InChI is InChI=1S/C25H22BrNO5/c1-31-13-12-27-22(18-9-5-7-15-6-3-4-8-17(15)18)21(24(29)25(27)30)23(28)16-10-11-20(32-2)19(26)14-16/h3-11,14,22,28H,12-13H2,1-2H3/b23-21-. The fraction of sp³-hybridized carbons (Fsp3) is 0.200. The van der Waals surface area contributed by atoms with Gasteiger partial charge in [0.05, 0.1) is 29.8 Å². The van der Waals surface area contributed by atoms with Crippen molar-refractivity contribution in [2.24, 2.45) is 0 Å². The van der Waals surface area contributed by atoms with Crippen molar-refractivity contribution in [3.8, 4) is 5.75 Å². The third-order valence-corrected chi connectivity index (χ3v) is 6.24. The molecule has 7 heteroatoms. The van der Waals surface area contributed by atoms with Gasteiger partial charge in [0, 0.05) is 19.2 Å². The molecule has 1 aliphatic rings. The molecule has 1 aliphatic heterocycles. The first kappa shape index (κ1) is 22.0. The molecule has 32 heavy (non-hydrogen) atoms. The average molecular weight is 496 g/mol. The van der Waals surface area contributed by atoms with Gasteiger partial charge < -0.3 is 19.5 Å². The lowest BCUT2D eigenvalue weighted by Crippen LogP contribution is -2.32. The Kier molecular flexibility index (Phi) is 6.30. The van der Waals surface area contributed by atoms with E-state index in [1.165, 1.54) is 4.90 Å². The van der Waals surface area contributed by atoms with Gasteiger partial charge in [0.15, 0.2) is 0 Å². The molecule has 1 amide bonds. The quantitative estimate of drug-likeness (QED) is 0.305. The molecule has 6 nitrogen and oxygen atoms in total. The highest BCUT2D eigenvalue weighted by Gasteiger charge is 2.46. The van der Waals surface area contributed by atoms with Gasteiger partial charge in [-0.15, -0.1) is 0 Å². The molecule has 164 valence electrons. The molecule has 1 N–H and O–H groups in total. The zero-order valence-electron chi connectivity index (χ0n) is 17.7. The van der Waals surface area contributed by atoms with E-state index in [1.807, 2.05) is 42.5 Å². The molecule has 4 rings (SSSR count). The van der Waals surface area contributed by atoms with E-state index in [-0.39, 0.29) is 24.5 Å². The molecular formula is C25H22BrNO5. The van der Waals surface area contributed by atoms with Crippen LogP contribution in [-0.2, 0) is 14.3 Å². The second-order valence-corrected chi connectivity index (χ2v) is 8.26. The van der Waals surface area contributed by atoms with Gasteiger partial charge in [-0.25, -0.2) is 0 Å². The first-order valence-electron chi connectivity index (χ1n) is 10.1. The number of benzene rings is 3. The van der Waals surface area contributed by atoms with E-state index in [0.717, 1.165) is 16.3 Å². The fourth-order valence-electron chi connectivity index (χ4n) is 4.08. The number of aliphatic hydroxyl groups is 1. The molecule has 0 aromatic heterocycles. The van der Waals surface area contributed by atoms with Crippen LogP contribution in [0.2, 0.25) is 0 Å². The molecule has 0 radical (unpaired) electrons. The number of ether oxygens (including phenoxy) is 2. The van der Waals surface area contributed by atoms with Gasteiger partial charge in [-0.2, -0.15) is 0 Å². The number of methoxy groups -OCH3 is 2. The number of rotatable bonds is 6. The molecule has 0 spiro atoms. The summed E-state index contributed by atoms with van der Waals surface area (Å²) in [5.74, 6) is -1.02. The Morgan fingerprint density at radius 3 is 2.53 bits per heavy atom. The Hall–Kier alpha value is -3.16. The summed E-state index contributed by atoms with van der Waals surface area (Å²) in [4.78, 5) is 27.6. The van der Waals surface area contributed by atoms with Crippen molar-refractivity contribution in [1.29, 1.82) is 0 Å². The monoisotopic (exact) mass is 495 g/mol. The summed E-state index contributed by atoms with van der Waals surface area (Å²) >= 11 is 3.41. The van der Waals surface area contributed by atoms with Crippen LogP contribution in [0.25, 0.3) is 16.5 Å². The van der Waals surface area contributed by atoms with Gasteiger partial charge in [-0.1, -0.05) is 42.5 Å². The Balaban J connectivity index is 1.94. The lowest BCUT2D eigenvalue weighted by molar-refractivity contribution is -0.140. The normalized spacial score (nSPS) is 17.8. The van der Waals surface area contributed by atoms with Crippen LogP contribution in [0, 0.1) is 0 Å². The number of aliphatic hydroxyl groups excluding tert-OH is 1. The maximum Gasteiger partial charge on any atom is 0.295 e. The summed E-state index contributed by atoms with van der Waals surface area (Å²) in [7, 11) is 3.08. The van der Waals surface area contributed by atoms with Crippen molar-refractivity contribution in [2.45, 2.75) is 6.04 Å². The maximum atomic E-state index is 13.1.